The van der Waals surface area contributed by atoms with Crippen LogP contribution in [0.25, 0.3) is 0 Å². The Bertz CT molecular complexity index is 102. The van der Waals surface area contributed by atoms with E-state index in [1.807, 2.05) is 21.0 Å². The van der Waals surface area contributed by atoms with Crippen LogP contribution in [0.15, 0.2) is 12.7 Å². The van der Waals surface area contributed by atoms with E-state index in [2.05, 4.69) is 17.2 Å². The molecule has 0 unspecified atom stereocenters. The van der Waals surface area contributed by atoms with Gasteiger partial charge in [-0.3, -0.25) is 4.79 Å². The van der Waals surface area contributed by atoms with Gasteiger partial charge in [0.15, 0.2) is 0 Å². The van der Waals surface area contributed by atoms with Crippen LogP contribution in [0.2, 0.25) is 0 Å². The van der Waals surface area contributed by atoms with Crippen molar-refractivity contribution in [3.63, 3.8) is 0 Å². The van der Waals surface area contributed by atoms with Crippen molar-refractivity contribution in [3.05, 3.63) is 12.7 Å². The lowest BCUT2D eigenvalue weighted by Gasteiger charge is -1.94. The van der Waals surface area contributed by atoms with Gasteiger partial charge in [-0.2, -0.15) is 0 Å². The molecule has 0 rings (SSSR count). The fraction of sp³-hybridized carbons (Fsp3) is 0.625. The van der Waals surface area contributed by atoms with Crippen molar-refractivity contribution in [3.8, 4) is 0 Å². The zero-order valence-electron chi connectivity index (χ0n) is 7.61. The van der Waals surface area contributed by atoms with Gasteiger partial charge in [0.2, 0.25) is 5.91 Å². The van der Waals surface area contributed by atoms with Crippen LogP contribution >= 0.6 is 0 Å². The highest BCUT2D eigenvalue weighted by Crippen LogP contribution is 1.70. The normalized spacial score (nSPS) is 7.55. The number of carbonyl (C=O) groups is 1. The number of hydrogen-bond acceptors (Lipinski definition) is 2. The quantitative estimate of drug-likeness (QED) is 0.588. The van der Waals surface area contributed by atoms with Crippen LogP contribution in [0.1, 0.15) is 13.3 Å². The largest absolute Gasteiger partial charge is 0.353 e. The summed E-state index contributed by atoms with van der Waals surface area (Å²) < 4.78 is 0. The molecule has 0 fully saturated rings. The molecular formula is C8H18N2O. The van der Waals surface area contributed by atoms with Gasteiger partial charge in [-0.15, -0.1) is 0 Å². The summed E-state index contributed by atoms with van der Waals surface area (Å²) in [6, 6.07) is 0. The minimum absolute atomic E-state index is 0.0909. The van der Waals surface area contributed by atoms with Gasteiger partial charge in [0.25, 0.3) is 0 Å². The highest BCUT2D eigenvalue weighted by atomic mass is 16.1. The van der Waals surface area contributed by atoms with Crippen LogP contribution in [-0.4, -0.2) is 26.5 Å². The number of rotatable bonds is 3. The average Bonchev–Trinajstić information content (AvgIpc) is 2.02. The Morgan fingerprint density at radius 2 is 2.00 bits per heavy atom. The smallest absolute Gasteiger partial charge is 0.243 e. The SMILES string of the molecule is C=CC(=O)NCCC.CNC. The van der Waals surface area contributed by atoms with E-state index in [1.54, 1.807) is 0 Å². The molecule has 0 aliphatic carbocycles. The maximum atomic E-state index is 10.3. The fourth-order valence-corrected chi connectivity index (χ4v) is 0.320. The fourth-order valence-electron chi connectivity index (χ4n) is 0.320. The third-order valence-electron chi connectivity index (χ3n) is 0.735. The summed E-state index contributed by atoms with van der Waals surface area (Å²) in [6.07, 6.45) is 2.25. The summed E-state index contributed by atoms with van der Waals surface area (Å²) in [5, 5.41) is 5.38. The third-order valence-corrected chi connectivity index (χ3v) is 0.735. The van der Waals surface area contributed by atoms with Crippen molar-refractivity contribution < 1.29 is 4.79 Å². The van der Waals surface area contributed by atoms with Crippen LogP contribution in [0.3, 0.4) is 0 Å². The summed E-state index contributed by atoms with van der Waals surface area (Å²) in [6.45, 7) is 6.05. The van der Waals surface area contributed by atoms with Crippen LogP contribution in [0, 0.1) is 0 Å². The van der Waals surface area contributed by atoms with Crippen LogP contribution in [0.4, 0.5) is 0 Å². The molecule has 0 heterocycles. The summed E-state index contributed by atoms with van der Waals surface area (Å²) in [4.78, 5) is 10.3. The zero-order valence-corrected chi connectivity index (χ0v) is 7.61. The molecule has 0 atom stereocenters. The predicted octanol–water partition coefficient (Wildman–Crippen LogP) is 0.534. The first-order valence-electron chi connectivity index (χ1n) is 3.71. The zero-order chi connectivity index (χ0) is 9.11. The Labute approximate surface area is 68.9 Å². The second-order valence-electron chi connectivity index (χ2n) is 2.00. The highest BCUT2D eigenvalue weighted by Gasteiger charge is 1.86. The molecule has 0 saturated carbocycles. The van der Waals surface area contributed by atoms with Crippen molar-refractivity contribution in [2.24, 2.45) is 0 Å². The number of amides is 1. The number of nitrogens with one attached hydrogen (secondary N) is 2. The van der Waals surface area contributed by atoms with Gasteiger partial charge in [0, 0.05) is 6.54 Å². The number of carbonyl (C=O) groups excluding carboxylic acids is 1. The molecule has 0 saturated heterocycles. The standard InChI is InChI=1S/C6H11NO.C2H7N/c1-3-5-7-6(8)4-2;1-3-2/h4H,2-3,5H2,1H3,(H,7,8);3H,1-2H3. The second kappa shape index (κ2) is 11.9. The molecule has 0 aromatic heterocycles. The van der Waals surface area contributed by atoms with Crippen molar-refractivity contribution in [2.75, 3.05) is 20.6 Å². The van der Waals surface area contributed by atoms with Gasteiger partial charge in [0.05, 0.1) is 0 Å². The first-order chi connectivity index (χ1) is 5.22. The molecular weight excluding hydrogens is 140 g/mol. The molecule has 66 valence electrons. The molecule has 0 aliphatic heterocycles. The first-order valence-corrected chi connectivity index (χ1v) is 3.71. The topological polar surface area (TPSA) is 41.1 Å². The minimum atomic E-state index is -0.0909. The first kappa shape index (κ1) is 12.8. The monoisotopic (exact) mass is 158 g/mol. The summed E-state index contributed by atoms with van der Waals surface area (Å²) in [7, 11) is 3.75. The van der Waals surface area contributed by atoms with Gasteiger partial charge in [0.1, 0.15) is 0 Å². The van der Waals surface area contributed by atoms with Gasteiger partial charge >= 0.3 is 0 Å². The average molecular weight is 158 g/mol. The van der Waals surface area contributed by atoms with Crippen LogP contribution in [0.5, 0.6) is 0 Å². The molecule has 0 aliphatic rings. The maximum absolute atomic E-state index is 10.3. The maximum Gasteiger partial charge on any atom is 0.243 e. The Balaban J connectivity index is 0. The molecule has 0 aromatic rings. The van der Waals surface area contributed by atoms with E-state index in [0.717, 1.165) is 13.0 Å². The molecule has 1 amide bonds. The molecule has 0 spiro atoms. The van der Waals surface area contributed by atoms with Crippen molar-refractivity contribution in [1.82, 2.24) is 10.6 Å². The lowest BCUT2D eigenvalue weighted by Crippen LogP contribution is -2.20. The number of hydrogen-bond donors (Lipinski definition) is 2. The van der Waals surface area contributed by atoms with E-state index >= 15 is 0 Å². The molecule has 3 heteroatoms. The van der Waals surface area contributed by atoms with E-state index in [9.17, 15) is 4.79 Å². The van der Waals surface area contributed by atoms with E-state index in [-0.39, 0.29) is 5.91 Å². The molecule has 2 N–H and O–H groups in total. The van der Waals surface area contributed by atoms with Crippen molar-refractivity contribution in [1.29, 1.82) is 0 Å². The highest BCUT2D eigenvalue weighted by molar-refractivity contribution is 5.86. The van der Waals surface area contributed by atoms with E-state index in [4.69, 9.17) is 0 Å². The van der Waals surface area contributed by atoms with Gasteiger partial charge in [-0.05, 0) is 26.6 Å². The van der Waals surface area contributed by atoms with Crippen LogP contribution in [-0.2, 0) is 4.79 Å². The lowest BCUT2D eigenvalue weighted by atomic mass is 10.4. The van der Waals surface area contributed by atoms with Gasteiger partial charge in [-0.25, -0.2) is 0 Å². The molecule has 3 nitrogen and oxygen atoms in total. The second-order valence-corrected chi connectivity index (χ2v) is 2.00. The molecule has 0 bridgehead atoms. The summed E-state index contributed by atoms with van der Waals surface area (Å²) in [5.74, 6) is -0.0909. The van der Waals surface area contributed by atoms with E-state index in [0.29, 0.717) is 0 Å². The predicted molar refractivity (Wildman–Crippen MR) is 48.5 cm³/mol. The Morgan fingerprint density at radius 3 is 2.27 bits per heavy atom. The van der Waals surface area contributed by atoms with E-state index in [1.165, 1.54) is 6.08 Å². The molecule has 11 heavy (non-hydrogen) atoms. The van der Waals surface area contributed by atoms with Gasteiger partial charge in [-0.1, -0.05) is 13.5 Å². The third kappa shape index (κ3) is 17.6. The van der Waals surface area contributed by atoms with Gasteiger partial charge < -0.3 is 10.6 Å². The van der Waals surface area contributed by atoms with Crippen molar-refractivity contribution >= 4 is 5.91 Å². The Kier molecular flexibility index (Phi) is 13.9. The lowest BCUT2D eigenvalue weighted by molar-refractivity contribution is -0.116. The Morgan fingerprint density at radius 1 is 1.55 bits per heavy atom. The van der Waals surface area contributed by atoms with Crippen LogP contribution < -0.4 is 10.6 Å². The molecule has 0 radical (unpaired) electrons. The Hall–Kier alpha value is -0.830. The summed E-state index contributed by atoms with van der Waals surface area (Å²) in [5.41, 5.74) is 0. The van der Waals surface area contributed by atoms with Crippen molar-refractivity contribution in [2.45, 2.75) is 13.3 Å². The van der Waals surface area contributed by atoms with E-state index < -0.39 is 0 Å². The minimum Gasteiger partial charge on any atom is -0.353 e. The molecule has 0 aromatic carbocycles. The summed E-state index contributed by atoms with van der Waals surface area (Å²) >= 11 is 0.